The first kappa shape index (κ1) is 16.2. The van der Waals surface area contributed by atoms with Crippen molar-refractivity contribution < 1.29 is 14.0 Å². The van der Waals surface area contributed by atoms with E-state index in [9.17, 15) is 14.0 Å². The first-order valence-electron chi connectivity index (χ1n) is 8.01. The smallest absolute Gasteiger partial charge is 0.243 e. The van der Waals surface area contributed by atoms with Crippen LogP contribution >= 0.6 is 0 Å². The number of carbonyl (C=O) groups excluding carboxylic acids is 2. The monoisotopic (exact) mass is 326 g/mol. The lowest BCUT2D eigenvalue weighted by Crippen LogP contribution is -2.62. The molecule has 4 nitrogen and oxygen atoms in total. The summed E-state index contributed by atoms with van der Waals surface area (Å²) in [7, 11) is 0. The van der Waals surface area contributed by atoms with E-state index in [0.29, 0.717) is 18.4 Å². The zero-order chi connectivity index (χ0) is 16.9. The Kier molecular flexibility index (Phi) is 4.89. The summed E-state index contributed by atoms with van der Waals surface area (Å²) in [5, 5.41) is 5.52. The molecule has 0 radical (unpaired) electrons. The molecular weight excluding hydrogens is 307 g/mol. The number of amides is 2. The maximum atomic E-state index is 13.2. The molecule has 1 aliphatic rings. The lowest BCUT2D eigenvalue weighted by molar-refractivity contribution is -0.136. The van der Waals surface area contributed by atoms with Crippen LogP contribution in [-0.2, 0) is 22.4 Å². The molecule has 1 saturated heterocycles. The van der Waals surface area contributed by atoms with Crippen LogP contribution in [0.2, 0.25) is 0 Å². The molecule has 1 fully saturated rings. The van der Waals surface area contributed by atoms with Crippen molar-refractivity contribution in [3.05, 3.63) is 71.5 Å². The fourth-order valence-electron chi connectivity index (χ4n) is 2.88. The number of carbonyl (C=O) groups is 2. The molecule has 2 amide bonds. The van der Waals surface area contributed by atoms with Crippen LogP contribution in [0.15, 0.2) is 54.6 Å². The van der Waals surface area contributed by atoms with Gasteiger partial charge in [-0.05, 0) is 36.1 Å². The van der Waals surface area contributed by atoms with Crippen LogP contribution in [0.1, 0.15) is 17.5 Å². The van der Waals surface area contributed by atoms with E-state index in [2.05, 4.69) is 10.6 Å². The molecule has 0 saturated carbocycles. The summed E-state index contributed by atoms with van der Waals surface area (Å²) in [6.07, 6.45) is 1.54. The maximum Gasteiger partial charge on any atom is 0.243 e. The molecule has 1 aliphatic heterocycles. The number of hydrogen-bond donors (Lipinski definition) is 2. The van der Waals surface area contributed by atoms with Gasteiger partial charge in [0, 0.05) is 6.42 Å². The highest BCUT2D eigenvalue weighted by atomic mass is 19.1. The lowest BCUT2D eigenvalue weighted by Gasteiger charge is -2.29. The van der Waals surface area contributed by atoms with Crippen LogP contribution in [0.4, 0.5) is 4.39 Å². The highest BCUT2D eigenvalue weighted by Gasteiger charge is 2.33. The molecule has 124 valence electrons. The molecule has 2 aromatic rings. The molecule has 1 unspecified atom stereocenters. The van der Waals surface area contributed by atoms with Crippen molar-refractivity contribution in [3.8, 4) is 0 Å². The molecule has 0 aromatic heterocycles. The fraction of sp³-hybridized carbons (Fsp3) is 0.263. The van der Waals surface area contributed by atoms with Gasteiger partial charge in [-0.1, -0.05) is 42.5 Å². The number of rotatable bonds is 5. The van der Waals surface area contributed by atoms with Gasteiger partial charge in [0.25, 0.3) is 0 Å². The normalized spacial score (nSPS) is 20.4. The molecule has 1 heterocycles. The third kappa shape index (κ3) is 3.98. The van der Waals surface area contributed by atoms with Crippen molar-refractivity contribution in [3.63, 3.8) is 0 Å². The van der Waals surface area contributed by atoms with Crippen molar-refractivity contribution in [2.45, 2.75) is 31.3 Å². The van der Waals surface area contributed by atoms with Crippen molar-refractivity contribution >= 4 is 11.8 Å². The Morgan fingerprint density at radius 2 is 1.50 bits per heavy atom. The maximum absolute atomic E-state index is 13.2. The van der Waals surface area contributed by atoms with Gasteiger partial charge in [0.2, 0.25) is 11.8 Å². The summed E-state index contributed by atoms with van der Waals surface area (Å²) in [6.45, 7) is 0. The molecule has 5 heteroatoms. The van der Waals surface area contributed by atoms with E-state index < -0.39 is 12.1 Å². The molecule has 0 aliphatic carbocycles. The minimum absolute atomic E-state index is 0.188. The molecule has 2 aromatic carbocycles. The van der Waals surface area contributed by atoms with Crippen LogP contribution < -0.4 is 10.6 Å². The Hall–Kier alpha value is -2.69. The van der Waals surface area contributed by atoms with Gasteiger partial charge in [-0.3, -0.25) is 9.59 Å². The second-order valence-electron chi connectivity index (χ2n) is 5.98. The fourth-order valence-corrected chi connectivity index (χ4v) is 2.88. The Labute approximate surface area is 140 Å². The van der Waals surface area contributed by atoms with Gasteiger partial charge >= 0.3 is 0 Å². The van der Waals surface area contributed by atoms with Crippen LogP contribution in [0.3, 0.4) is 0 Å². The quantitative estimate of drug-likeness (QED) is 0.883. The second-order valence-corrected chi connectivity index (χ2v) is 5.98. The standard InChI is InChI=1S/C19H19FN2O2/c20-15-8-4-7-14(11-15)12-17-19(24)21-16(18(23)22-17)10-9-13-5-2-1-3-6-13/h1-8,11,16-17H,9-10,12H2,(H,21,24)(H,22,23)/t16-,17?/m1/s1. The molecule has 0 bridgehead atoms. The van der Waals surface area contributed by atoms with Crippen molar-refractivity contribution in [1.29, 1.82) is 0 Å². The average Bonchev–Trinajstić information content (AvgIpc) is 2.57. The largest absolute Gasteiger partial charge is 0.342 e. The third-order valence-corrected chi connectivity index (χ3v) is 4.16. The van der Waals surface area contributed by atoms with Crippen molar-refractivity contribution in [1.82, 2.24) is 10.6 Å². The van der Waals surface area contributed by atoms with E-state index in [1.165, 1.54) is 12.1 Å². The molecule has 2 atom stereocenters. The summed E-state index contributed by atoms with van der Waals surface area (Å²) in [6, 6.07) is 14.7. The van der Waals surface area contributed by atoms with Crippen molar-refractivity contribution in [2.75, 3.05) is 0 Å². The van der Waals surface area contributed by atoms with Gasteiger partial charge in [-0.15, -0.1) is 0 Å². The number of aryl methyl sites for hydroxylation is 1. The van der Waals surface area contributed by atoms with Gasteiger partial charge in [-0.25, -0.2) is 4.39 Å². The summed E-state index contributed by atoms with van der Waals surface area (Å²) >= 11 is 0. The summed E-state index contributed by atoms with van der Waals surface area (Å²) in [5.74, 6) is -0.764. The van der Waals surface area contributed by atoms with E-state index in [1.807, 2.05) is 30.3 Å². The SMILES string of the molecule is O=C1N[C@H](CCc2ccccc2)C(=O)NC1Cc1cccc(F)c1. The van der Waals surface area contributed by atoms with Crippen molar-refractivity contribution in [2.24, 2.45) is 0 Å². The molecule has 24 heavy (non-hydrogen) atoms. The van der Waals surface area contributed by atoms with E-state index in [0.717, 1.165) is 5.56 Å². The molecular formula is C19H19FN2O2. The second kappa shape index (κ2) is 7.25. The Balaban J connectivity index is 1.58. The van der Waals surface area contributed by atoms with E-state index in [1.54, 1.807) is 12.1 Å². The minimum Gasteiger partial charge on any atom is -0.342 e. The van der Waals surface area contributed by atoms with Gasteiger partial charge in [0.05, 0.1) is 0 Å². The first-order valence-corrected chi connectivity index (χ1v) is 8.01. The van der Waals surface area contributed by atoms with E-state index in [4.69, 9.17) is 0 Å². The number of nitrogens with one attached hydrogen (secondary N) is 2. The topological polar surface area (TPSA) is 58.2 Å². The third-order valence-electron chi connectivity index (χ3n) is 4.16. The lowest BCUT2D eigenvalue weighted by atomic mass is 9.98. The Morgan fingerprint density at radius 1 is 0.833 bits per heavy atom. The zero-order valence-corrected chi connectivity index (χ0v) is 13.2. The number of benzene rings is 2. The van der Waals surface area contributed by atoms with Crippen LogP contribution in [0, 0.1) is 5.82 Å². The van der Waals surface area contributed by atoms with Gasteiger partial charge in [-0.2, -0.15) is 0 Å². The zero-order valence-electron chi connectivity index (χ0n) is 13.2. The van der Waals surface area contributed by atoms with Crippen LogP contribution in [0.25, 0.3) is 0 Å². The summed E-state index contributed by atoms with van der Waals surface area (Å²) < 4.78 is 13.2. The average molecular weight is 326 g/mol. The van der Waals surface area contributed by atoms with Crippen LogP contribution in [0.5, 0.6) is 0 Å². The summed E-state index contributed by atoms with van der Waals surface area (Å²) in [5.41, 5.74) is 1.81. The Morgan fingerprint density at radius 3 is 2.25 bits per heavy atom. The predicted molar refractivity (Wildman–Crippen MR) is 88.7 cm³/mol. The number of halogens is 1. The molecule has 2 N–H and O–H groups in total. The van der Waals surface area contributed by atoms with Gasteiger partial charge in [0.15, 0.2) is 0 Å². The molecule has 0 spiro atoms. The highest BCUT2D eigenvalue weighted by molar-refractivity contribution is 5.97. The Bertz CT molecular complexity index is 733. The van der Waals surface area contributed by atoms with E-state index >= 15 is 0 Å². The molecule has 3 rings (SSSR count). The van der Waals surface area contributed by atoms with Gasteiger partial charge in [0.1, 0.15) is 17.9 Å². The predicted octanol–water partition coefficient (Wildman–Crippen LogP) is 1.98. The van der Waals surface area contributed by atoms with E-state index in [-0.39, 0.29) is 24.1 Å². The highest BCUT2D eigenvalue weighted by Crippen LogP contribution is 2.12. The summed E-state index contributed by atoms with van der Waals surface area (Å²) in [4.78, 5) is 24.5. The number of piperazine rings is 1. The van der Waals surface area contributed by atoms with Crippen LogP contribution in [-0.4, -0.2) is 23.9 Å². The van der Waals surface area contributed by atoms with Gasteiger partial charge < -0.3 is 10.6 Å². The first-order chi connectivity index (χ1) is 11.6. The number of hydrogen-bond acceptors (Lipinski definition) is 2. The minimum atomic E-state index is -0.660.